The van der Waals surface area contributed by atoms with Crippen molar-refractivity contribution in [2.45, 2.75) is 206 Å². The van der Waals surface area contributed by atoms with Crippen LogP contribution in [0.2, 0.25) is 0 Å². The highest BCUT2D eigenvalue weighted by Crippen LogP contribution is 2.43. The first-order chi connectivity index (χ1) is 27.1. The van der Waals surface area contributed by atoms with Gasteiger partial charge in [-0.05, 0) is 44.9 Å². The van der Waals surface area contributed by atoms with Crippen LogP contribution < -0.4 is 5.73 Å². The Balaban J connectivity index is 4.44. The first-order valence-electron chi connectivity index (χ1n) is 22.1. The van der Waals surface area contributed by atoms with Gasteiger partial charge in [0.2, 0.25) is 0 Å². The van der Waals surface area contributed by atoms with Crippen molar-refractivity contribution in [3.63, 3.8) is 0 Å². The van der Waals surface area contributed by atoms with E-state index in [4.69, 9.17) is 24.8 Å². The van der Waals surface area contributed by atoms with Crippen LogP contribution in [0, 0.1) is 0 Å². The van der Waals surface area contributed by atoms with Gasteiger partial charge in [0, 0.05) is 12.5 Å². The molecule has 0 rings (SSSR count). The second kappa shape index (κ2) is 39.5. The number of esters is 2. The SMILES string of the molecule is CCCCCCCC/C=C/CCCCCCCCCC(=O)OC[C@H](COP(=O)(O)OC[C@H](N)C(=O)O)OC(=O)/C=C/C=C/CCCCCCCCCCCCC. The Morgan fingerprint density at radius 1 is 0.589 bits per heavy atom. The van der Waals surface area contributed by atoms with Gasteiger partial charge in [-0.25, -0.2) is 9.36 Å². The van der Waals surface area contributed by atoms with Crippen LogP contribution in [0.3, 0.4) is 0 Å². The molecule has 0 aliphatic rings. The highest BCUT2D eigenvalue weighted by Gasteiger charge is 2.27. The first kappa shape index (κ1) is 53.7. The molecule has 1 unspecified atom stereocenters. The van der Waals surface area contributed by atoms with Crippen LogP contribution in [0.4, 0.5) is 0 Å². The number of phosphoric ester groups is 1. The number of carboxylic acid groups (broad SMARTS) is 1. The predicted molar refractivity (Wildman–Crippen MR) is 226 cm³/mol. The molecule has 0 aliphatic carbocycles. The molecule has 3 atom stereocenters. The fourth-order valence-corrected chi connectivity index (χ4v) is 6.75. The van der Waals surface area contributed by atoms with Crippen LogP contribution in [0.25, 0.3) is 0 Å². The van der Waals surface area contributed by atoms with Gasteiger partial charge >= 0.3 is 25.7 Å². The Morgan fingerprint density at radius 3 is 1.50 bits per heavy atom. The molecule has 0 aromatic heterocycles. The van der Waals surface area contributed by atoms with E-state index in [2.05, 4.69) is 30.5 Å². The lowest BCUT2D eigenvalue weighted by atomic mass is 10.1. The van der Waals surface area contributed by atoms with Gasteiger partial charge in [0.05, 0.1) is 13.2 Å². The molecule has 0 aliphatic heterocycles. The Labute approximate surface area is 340 Å². The second-order valence-corrected chi connectivity index (χ2v) is 16.4. The van der Waals surface area contributed by atoms with Crippen LogP contribution in [-0.4, -0.2) is 59.9 Å². The number of phosphoric acid groups is 1. The van der Waals surface area contributed by atoms with Gasteiger partial charge in [-0.3, -0.25) is 18.6 Å². The van der Waals surface area contributed by atoms with Gasteiger partial charge in [0.15, 0.2) is 6.10 Å². The normalized spacial score (nSPS) is 14.1. The lowest BCUT2D eigenvalue weighted by molar-refractivity contribution is -0.157. The zero-order valence-corrected chi connectivity index (χ0v) is 36.1. The van der Waals surface area contributed by atoms with E-state index in [-0.39, 0.29) is 6.42 Å². The molecule has 0 bridgehead atoms. The molecule has 4 N–H and O–H groups in total. The third kappa shape index (κ3) is 38.6. The van der Waals surface area contributed by atoms with E-state index in [0.29, 0.717) is 6.42 Å². The second-order valence-electron chi connectivity index (χ2n) is 14.9. The molecule has 56 heavy (non-hydrogen) atoms. The van der Waals surface area contributed by atoms with Gasteiger partial charge in [0.25, 0.3) is 0 Å². The fraction of sp³-hybridized carbons (Fsp3) is 0.795. The summed E-state index contributed by atoms with van der Waals surface area (Å²) in [5.41, 5.74) is 5.32. The van der Waals surface area contributed by atoms with Crippen molar-refractivity contribution in [3.05, 3.63) is 36.5 Å². The summed E-state index contributed by atoms with van der Waals surface area (Å²) < 4.78 is 32.5. The number of hydrogen-bond donors (Lipinski definition) is 3. The topological polar surface area (TPSA) is 172 Å². The van der Waals surface area contributed by atoms with Gasteiger partial charge in [-0.15, -0.1) is 0 Å². The standard InChI is InChI=1S/C44H80NO10P/c1-3-5-7-9-11-13-15-17-19-20-22-23-25-27-29-31-33-35-42(46)52-37-40(38-53-56(50,51)54-39-41(45)44(48)49)55-43(47)36-34-32-30-28-26-24-21-18-16-14-12-10-8-6-4-2/h17,19,30,32,34,36,40-41H,3-16,18,20-29,31,33,35,37-39,45H2,1-2H3,(H,48,49)(H,50,51)/b19-17+,32-30+,36-34+/t40-,41+/m1/s1. The largest absolute Gasteiger partial charge is 0.480 e. The molecular weight excluding hydrogens is 733 g/mol. The fourth-order valence-electron chi connectivity index (χ4n) is 5.97. The highest BCUT2D eigenvalue weighted by atomic mass is 31.2. The van der Waals surface area contributed by atoms with Crippen LogP contribution in [-0.2, 0) is 37.5 Å². The van der Waals surface area contributed by atoms with Crippen molar-refractivity contribution in [3.8, 4) is 0 Å². The molecule has 0 amide bonds. The van der Waals surface area contributed by atoms with Gasteiger partial charge in [0.1, 0.15) is 12.6 Å². The molecular formula is C44H80NO10P. The van der Waals surface area contributed by atoms with Gasteiger partial charge < -0.3 is 25.2 Å². The van der Waals surface area contributed by atoms with E-state index in [1.54, 1.807) is 12.2 Å². The zero-order chi connectivity index (χ0) is 41.4. The summed E-state index contributed by atoms with van der Waals surface area (Å²) in [6, 6.07) is -1.53. The van der Waals surface area contributed by atoms with Crippen LogP contribution >= 0.6 is 7.82 Å². The molecule has 0 spiro atoms. The summed E-state index contributed by atoms with van der Waals surface area (Å²) in [6.45, 7) is 2.69. The Bertz CT molecular complexity index is 1100. The van der Waals surface area contributed by atoms with E-state index in [0.717, 1.165) is 38.5 Å². The lowest BCUT2D eigenvalue weighted by Gasteiger charge is -2.19. The van der Waals surface area contributed by atoms with E-state index < -0.39 is 57.7 Å². The Morgan fingerprint density at radius 2 is 1.02 bits per heavy atom. The number of rotatable bonds is 41. The van der Waals surface area contributed by atoms with E-state index >= 15 is 0 Å². The number of allylic oxidation sites excluding steroid dienone is 5. The van der Waals surface area contributed by atoms with Crippen molar-refractivity contribution in [2.24, 2.45) is 5.73 Å². The quantitative estimate of drug-likeness (QED) is 0.0134. The first-order valence-corrected chi connectivity index (χ1v) is 23.6. The molecule has 0 heterocycles. The molecule has 0 saturated carbocycles. The zero-order valence-electron chi connectivity index (χ0n) is 35.2. The third-order valence-corrected chi connectivity index (χ3v) is 10.4. The number of carboxylic acids is 1. The van der Waals surface area contributed by atoms with Crippen molar-refractivity contribution in [2.75, 3.05) is 19.8 Å². The number of carbonyl (C=O) groups is 3. The summed E-state index contributed by atoms with van der Waals surface area (Å²) in [7, 11) is -4.74. The smallest absolute Gasteiger partial charge is 0.472 e. The maximum Gasteiger partial charge on any atom is 0.472 e. The van der Waals surface area contributed by atoms with Crippen LogP contribution in [0.1, 0.15) is 194 Å². The van der Waals surface area contributed by atoms with E-state index in [1.807, 2.05) is 6.08 Å². The summed E-state index contributed by atoms with van der Waals surface area (Å²) in [6.07, 6.45) is 42.7. The molecule has 326 valence electrons. The lowest BCUT2D eigenvalue weighted by Crippen LogP contribution is -2.34. The number of unbranched alkanes of at least 4 members (excludes halogenated alkanes) is 24. The number of carbonyl (C=O) groups excluding carboxylic acids is 2. The van der Waals surface area contributed by atoms with Crippen LogP contribution in [0.15, 0.2) is 36.5 Å². The highest BCUT2D eigenvalue weighted by molar-refractivity contribution is 7.47. The minimum atomic E-state index is -4.74. The van der Waals surface area contributed by atoms with Crippen LogP contribution in [0.5, 0.6) is 0 Å². The number of hydrogen-bond acceptors (Lipinski definition) is 9. The summed E-state index contributed by atoms with van der Waals surface area (Å²) in [5, 5.41) is 8.88. The average Bonchev–Trinajstić information content (AvgIpc) is 3.17. The molecule has 0 saturated heterocycles. The van der Waals surface area contributed by atoms with E-state index in [1.165, 1.54) is 134 Å². The van der Waals surface area contributed by atoms with E-state index in [9.17, 15) is 23.8 Å². The Kier molecular flexibility index (Phi) is 37.9. The minimum absolute atomic E-state index is 0.198. The number of aliphatic carboxylic acids is 1. The summed E-state index contributed by atoms with van der Waals surface area (Å²) in [5.74, 6) is -2.64. The summed E-state index contributed by atoms with van der Waals surface area (Å²) in [4.78, 5) is 45.8. The maximum absolute atomic E-state index is 12.5. The van der Waals surface area contributed by atoms with Crippen molar-refractivity contribution >= 4 is 25.7 Å². The third-order valence-electron chi connectivity index (χ3n) is 9.47. The maximum atomic E-state index is 12.5. The minimum Gasteiger partial charge on any atom is -0.480 e. The van der Waals surface area contributed by atoms with Gasteiger partial charge in [-0.2, -0.15) is 0 Å². The molecule has 0 fully saturated rings. The molecule has 0 aromatic rings. The number of ether oxygens (including phenoxy) is 2. The van der Waals surface area contributed by atoms with Crippen molar-refractivity contribution < 1.29 is 47.5 Å². The van der Waals surface area contributed by atoms with Crippen molar-refractivity contribution in [1.82, 2.24) is 0 Å². The van der Waals surface area contributed by atoms with Gasteiger partial charge in [-0.1, -0.05) is 173 Å². The summed E-state index contributed by atoms with van der Waals surface area (Å²) >= 11 is 0. The number of nitrogens with two attached hydrogens (primary N) is 1. The van der Waals surface area contributed by atoms with Crippen molar-refractivity contribution in [1.29, 1.82) is 0 Å². The predicted octanol–water partition coefficient (Wildman–Crippen LogP) is 11.6. The molecule has 0 radical (unpaired) electrons. The Hall–Kier alpha value is -2.30. The molecule has 11 nitrogen and oxygen atoms in total. The average molecular weight is 814 g/mol. The molecule has 12 heteroatoms. The monoisotopic (exact) mass is 814 g/mol. The molecule has 0 aromatic carbocycles.